The zero-order valence-electron chi connectivity index (χ0n) is 15.5. The maximum absolute atomic E-state index is 13.0. The largest absolute Gasteiger partial charge is 0.319 e. The van der Waals surface area contributed by atoms with Crippen molar-refractivity contribution < 1.29 is 13.2 Å². The lowest BCUT2D eigenvalue weighted by atomic mass is 10.1. The standard InChI is InChI=1S/C20H22Cl2N2O3S/c1-14-9-10-15(28(26,27)24-11-4-2-3-5-12-24)13-16(14)20(25)23-19-17(21)7-6-8-18(19)22/h6-10,13H,2-5,11-12H2,1H3,(H,23,25). The number of anilines is 1. The Hall–Kier alpha value is -1.60. The Morgan fingerprint density at radius 1 is 1.00 bits per heavy atom. The Labute approximate surface area is 175 Å². The molecule has 0 spiro atoms. The molecule has 8 heteroatoms. The molecule has 5 nitrogen and oxygen atoms in total. The van der Waals surface area contributed by atoms with Gasteiger partial charge in [-0.3, -0.25) is 4.79 Å². The van der Waals surface area contributed by atoms with E-state index in [2.05, 4.69) is 5.32 Å². The topological polar surface area (TPSA) is 66.5 Å². The Morgan fingerprint density at radius 3 is 2.21 bits per heavy atom. The molecule has 1 aliphatic rings. The van der Waals surface area contributed by atoms with E-state index >= 15 is 0 Å². The Bertz CT molecular complexity index is 965. The smallest absolute Gasteiger partial charge is 0.256 e. The predicted octanol–water partition coefficient (Wildman–Crippen LogP) is 5.12. The lowest BCUT2D eigenvalue weighted by molar-refractivity contribution is 0.102. The first-order valence-corrected chi connectivity index (χ1v) is 11.4. The minimum atomic E-state index is -3.65. The van der Waals surface area contributed by atoms with Crippen molar-refractivity contribution in [3.05, 3.63) is 57.6 Å². The number of carbonyl (C=O) groups excluding carboxylic acids is 1. The molecule has 0 aliphatic carbocycles. The van der Waals surface area contributed by atoms with Crippen LogP contribution in [-0.2, 0) is 10.0 Å². The normalized spacial score (nSPS) is 15.8. The van der Waals surface area contributed by atoms with Gasteiger partial charge in [0.05, 0.1) is 20.6 Å². The lowest BCUT2D eigenvalue weighted by Crippen LogP contribution is -2.32. The maximum atomic E-state index is 13.0. The van der Waals surface area contributed by atoms with Gasteiger partial charge >= 0.3 is 0 Å². The molecule has 1 aliphatic heterocycles. The van der Waals surface area contributed by atoms with Crippen molar-refractivity contribution >= 4 is 44.8 Å². The van der Waals surface area contributed by atoms with Crippen LogP contribution in [0.2, 0.25) is 10.0 Å². The number of nitrogens with one attached hydrogen (secondary N) is 1. The summed E-state index contributed by atoms with van der Waals surface area (Å²) >= 11 is 12.2. The van der Waals surface area contributed by atoms with Crippen molar-refractivity contribution in [1.82, 2.24) is 4.31 Å². The van der Waals surface area contributed by atoms with Gasteiger partial charge in [0.1, 0.15) is 0 Å². The van der Waals surface area contributed by atoms with E-state index in [-0.39, 0.29) is 10.5 Å². The van der Waals surface area contributed by atoms with Crippen LogP contribution in [0.15, 0.2) is 41.3 Å². The summed E-state index contributed by atoms with van der Waals surface area (Å²) in [6, 6.07) is 9.55. The van der Waals surface area contributed by atoms with Gasteiger partial charge in [0, 0.05) is 18.7 Å². The van der Waals surface area contributed by atoms with Gasteiger partial charge in [-0.1, -0.05) is 48.2 Å². The van der Waals surface area contributed by atoms with Gasteiger partial charge < -0.3 is 5.32 Å². The number of para-hydroxylation sites is 1. The molecule has 1 amide bonds. The molecule has 1 saturated heterocycles. The van der Waals surface area contributed by atoms with Crippen LogP contribution in [0.5, 0.6) is 0 Å². The first-order valence-electron chi connectivity index (χ1n) is 9.17. The number of amides is 1. The molecule has 150 valence electrons. The molecule has 0 saturated carbocycles. The Morgan fingerprint density at radius 2 is 1.61 bits per heavy atom. The number of rotatable bonds is 4. The van der Waals surface area contributed by atoms with Gasteiger partial charge in [-0.05, 0) is 49.6 Å². The SMILES string of the molecule is Cc1ccc(S(=O)(=O)N2CCCCCC2)cc1C(=O)Nc1c(Cl)cccc1Cl. The zero-order chi connectivity index (χ0) is 20.3. The number of aryl methyl sites for hydroxylation is 1. The summed E-state index contributed by atoms with van der Waals surface area (Å²) in [6.45, 7) is 2.77. The Kier molecular flexibility index (Phi) is 6.65. The van der Waals surface area contributed by atoms with Crippen LogP contribution in [0, 0.1) is 6.92 Å². The van der Waals surface area contributed by atoms with Gasteiger partial charge in [-0.25, -0.2) is 8.42 Å². The van der Waals surface area contributed by atoms with Crippen molar-refractivity contribution in [2.24, 2.45) is 0 Å². The minimum Gasteiger partial charge on any atom is -0.319 e. The highest BCUT2D eigenvalue weighted by molar-refractivity contribution is 7.89. The van der Waals surface area contributed by atoms with Crippen LogP contribution in [0.1, 0.15) is 41.6 Å². The highest BCUT2D eigenvalue weighted by Crippen LogP contribution is 2.31. The number of sulfonamides is 1. The number of hydrogen-bond acceptors (Lipinski definition) is 3. The Balaban J connectivity index is 1.92. The monoisotopic (exact) mass is 440 g/mol. The number of halogens is 2. The molecule has 1 N–H and O–H groups in total. The summed E-state index contributed by atoms with van der Waals surface area (Å²) in [7, 11) is -3.65. The van der Waals surface area contributed by atoms with Gasteiger partial charge in [0.25, 0.3) is 5.91 Å². The quantitative estimate of drug-likeness (QED) is 0.716. The third kappa shape index (κ3) is 4.51. The van der Waals surface area contributed by atoms with Gasteiger partial charge in [-0.2, -0.15) is 4.31 Å². The summed E-state index contributed by atoms with van der Waals surface area (Å²) in [5.41, 5.74) is 1.23. The molecule has 3 rings (SSSR count). The van der Waals surface area contributed by atoms with E-state index in [1.54, 1.807) is 37.3 Å². The molecule has 2 aromatic rings. The van der Waals surface area contributed by atoms with Gasteiger partial charge in [0.15, 0.2) is 0 Å². The van der Waals surface area contributed by atoms with Crippen molar-refractivity contribution in [2.75, 3.05) is 18.4 Å². The van der Waals surface area contributed by atoms with Crippen molar-refractivity contribution in [1.29, 1.82) is 0 Å². The van der Waals surface area contributed by atoms with Crippen LogP contribution in [-0.4, -0.2) is 31.7 Å². The van der Waals surface area contributed by atoms with E-state index in [9.17, 15) is 13.2 Å². The molecule has 0 aromatic heterocycles. The number of carbonyl (C=O) groups is 1. The van der Waals surface area contributed by atoms with Crippen LogP contribution >= 0.6 is 23.2 Å². The highest BCUT2D eigenvalue weighted by atomic mass is 35.5. The van der Waals surface area contributed by atoms with E-state index in [0.717, 1.165) is 25.7 Å². The van der Waals surface area contributed by atoms with Crippen LogP contribution in [0.25, 0.3) is 0 Å². The van der Waals surface area contributed by atoms with Crippen molar-refractivity contribution in [3.8, 4) is 0 Å². The molecular formula is C20H22Cl2N2O3S. The summed E-state index contributed by atoms with van der Waals surface area (Å²) in [5, 5.41) is 3.32. The zero-order valence-corrected chi connectivity index (χ0v) is 17.9. The number of nitrogens with zero attached hydrogens (tertiary/aromatic N) is 1. The lowest BCUT2D eigenvalue weighted by Gasteiger charge is -2.20. The van der Waals surface area contributed by atoms with Crippen LogP contribution in [0.4, 0.5) is 5.69 Å². The summed E-state index contributed by atoms with van der Waals surface area (Å²) in [5.74, 6) is -0.458. The molecule has 0 unspecified atom stereocenters. The van der Waals surface area contributed by atoms with E-state index in [4.69, 9.17) is 23.2 Å². The third-order valence-corrected chi connectivity index (χ3v) is 7.38. The van der Waals surface area contributed by atoms with E-state index in [1.807, 2.05) is 0 Å². The predicted molar refractivity (Wildman–Crippen MR) is 113 cm³/mol. The maximum Gasteiger partial charge on any atom is 0.256 e. The van der Waals surface area contributed by atoms with Crippen molar-refractivity contribution in [2.45, 2.75) is 37.5 Å². The average molecular weight is 441 g/mol. The summed E-state index contributed by atoms with van der Waals surface area (Å²) < 4.78 is 27.6. The minimum absolute atomic E-state index is 0.121. The summed E-state index contributed by atoms with van der Waals surface area (Å²) in [4.78, 5) is 12.9. The fourth-order valence-electron chi connectivity index (χ4n) is 3.24. The second kappa shape index (κ2) is 8.82. The fraction of sp³-hybridized carbons (Fsp3) is 0.350. The first kappa shape index (κ1) is 21.1. The molecule has 2 aromatic carbocycles. The fourth-order valence-corrected chi connectivity index (χ4v) is 5.27. The summed E-state index contributed by atoms with van der Waals surface area (Å²) in [6.07, 6.45) is 3.77. The second-order valence-electron chi connectivity index (χ2n) is 6.85. The van der Waals surface area contributed by atoms with E-state index < -0.39 is 15.9 Å². The van der Waals surface area contributed by atoms with Gasteiger partial charge in [0.2, 0.25) is 10.0 Å². The molecule has 28 heavy (non-hydrogen) atoms. The first-order chi connectivity index (χ1) is 13.3. The van der Waals surface area contributed by atoms with E-state index in [0.29, 0.717) is 34.4 Å². The van der Waals surface area contributed by atoms with Crippen LogP contribution in [0.3, 0.4) is 0 Å². The second-order valence-corrected chi connectivity index (χ2v) is 9.60. The molecule has 1 fully saturated rings. The number of hydrogen-bond donors (Lipinski definition) is 1. The van der Waals surface area contributed by atoms with Crippen LogP contribution < -0.4 is 5.32 Å². The molecular weight excluding hydrogens is 419 g/mol. The van der Waals surface area contributed by atoms with Gasteiger partial charge in [-0.15, -0.1) is 0 Å². The number of benzene rings is 2. The third-order valence-electron chi connectivity index (χ3n) is 4.86. The molecule has 0 radical (unpaired) electrons. The molecule has 1 heterocycles. The molecule has 0 atom stereocenters. The average Bonchev–Trinajstić information content (AvgIpc) is 2.95. The molecule has 0 bridgehead atoms. The van der Waals surface area contributed by atoms with Crippen molar-refractivity contribution in [3.63, 3.8) is 0 Å². The highest BCUT2D eigenvalue weighted by Gasteiger charge is 2.26. The van der Waals surface area contributed by atoms with E-state index in [1.165, 1.54) is 10.4 Å².